The Kier molecular flexibility index (Phi) is 4.51. The summed E-state index contributed by atoms with van der Waals surface area (Å²) in [6.45, 7) is 1.91. The summed E-state index contributed by atoms with van der Waals surface area (Å²) in [5, 5.41) is 19.6. The number of aryl methyl sites for hydroxylation is 1. The molecule has 0 radical (unpaired) electrons. The zero-order chi connectivity index (χ0) is 22.4. The van der Waals surface area contributed by atoms with E-state index in [0.717, 1.165) is 28.0 Å². The van der Waals surface area contributed by atoms with Crippen LogP contribution in [0.5, 0.6) is 0 Å². The molecule has 8 nitrogen and oxygen atoms in total. The maximum absolute atomic E-state index is 9.52. The predicted octanol–water partition coefficient (Wildman–Crippen LogP) is 4.57. The van der Waals surface area contributed by atoms with Crippen molar-refractivity contribution in [3.63, 3.8) is 0 Å². The van der Waals surface area contributed by atoms with Crippen molar-refractivity contribution in [1.82, 2.24) is 24.2 Å². The van der Waals surface area contributed by atoms with Crippen LogP contribution in [0.1, 0.15) is 17.1 Å². The lowest BCUT2D eigenvalue weighted by Crippen LogP contribution is -2.12. The zero-order valence-corrected chi connectivity index (χ0v) is 17.9. The Hall–Kier alpha value is -4.40. The number of hydrogen-bond acceptors (Lipinski definition) is 6. The minimum Gasteiger partial charge on any atom is -0.327 e. The fraction of sp³-hybridized carbons (Fsp3) is 0.0870. The first-order valence-electron chi connectivity index (χ1n) is 9.69. The number of fused-ring (bicyclic) bond motifs is 2. The number of nitrogens with one attached hydrogen (secondary N) is 1. The number of nitrogens with zero attached hydrogens (tertiary/aromatic N) is 7. The summed E-state index contributed by atoms with van der Waals surface area (Å²) in [6.07, 6.45) is 0. The molecular formula is C23H15ClN8. The van der Waals surface area contributed by atoms with Gasteiger partial charge >= 0.3 is 0 Å². The number of aromatic nitrogens is 5. The van der Waals surface area contributed by atoms with E-state index in [2.05, 4.69) is 15.4 Å². The van der Waals surface area contributed by atoms with E-state index < -0.39 is 0 Å². The van der Waals surface area contributed by atoms with Gasteiger partial charge in [-0.25, -0.2) is 19.6 Å². The minimum absolute atomic E-state index is 0.0279. The third-order valence-corrected chi connectivity index (χ3v) is 5.55. The van der Waals surface area contributed by atoms with Crippen molar-refractivity contribution in [2.45, 2.75) is 6.92 Å². The highest BCUT2D eigenvalue weighted by Crippen LogP contribution is 2.34. The molecule has 0 unspecified atom stereocenters. The molecule has 0 saturated heterocycles. The van der Waals surface area contributed by atoms with Gasteiger partial charge in [-0.2, -0.15) is 10.5 Å². The van der Waals surface area contributed by atoms with Gasteiger partial charge in [0.05, 0.1) is 28.0 Å². The lowest BCUT2D eigenvalue weighted by atomic mass is 10.2. The Morgan fingerprint density at radius 3 is 2.44 bits per heavy atom. The third-order valence-electron chi connectivity index (χ3n) is 5.31. The number of para-hydroxylation sites is 2. The fourth-order valence-electron chi connectivity index (χ4n) is 3.81. The topological polar surface area (TPSA) is 108 Å². The Morgan fingerprint density at radius 1 is 0.969 bits per heavy atom. The molecule has 9 heteroatoms. The second-order valence-corrected chi connectivity index (χ2v) is 7.65. The van der Waals surface area contributed by atoms with Gasteiger partial charge in [-0.3, -0.25) is 5.43 Å². The number of nitriles is 2. The number of halogens is 1. The van der Waals surface area contributed by atoms with Gasteiger partial charge in [0.15, 0.2) is 17.0 Å². The lowest BCUT2D eigenvalue weighted by Gasteiger charge is -2.11. The molecule has 0 aliphatic carbocycles. The Morgan fingerprint density at radius 2 is 1.72 bits per heavy atom. The van der Waals surface area contributed by atoms with E-state index in [1.54, 1.807) is 16.8 Å². The van der Waals surface area contributed by atoms with Gasteiger partial charge in [0, 0.05) is 12.1 Å². The summed E-state index contributed by atoms with van der Waals surface area (Å²) in [7, 11) is 1.93. The van der Waals surface area contributed by atoms with E-state index in [1.165, 1.54) is 0 Å². The van der Waals surface area contributed by atoms with Crippen molar-refractivity contribution >= 4 is 39.5 Å². The van der Waals surface area contributed by atoms with Crippen LogP contribution in [0.25, 0.3) is 33.6 Å². The second-order valence-electron chi connectivity index (χ2n) is 7.22. The van der Waals surface area contributed by atoms with Gasteiger partial charge in [0.25, 0.3) is 0 Å². The Bertz CT molecular complexity index is 1610. The molecule has 154 valence electrons. The summed E-state index contributed by atoms with van der Waals surface area (Å²) in [5.74, 6) is 0.684. The number of anilines is 1. The summed E-state index contributed by atoms with van der Waals surface area (Å²) in [5.41, 5.74) is 8.16. The first-order chi connectivity index (χ1) is 15.5. The second kappa shape index (κ2) is 7.38. The van der Waals surface area contributed by atoms with Gasteiger partial charge in [0.1, 0.15) is 23.5 Å². The first kappa shape index (κ1) is 19.6. The van der Waals surface area contributed by atoms with Gasteiger partial charge < -0.3 is 4.57 Å². The smallest absolute Gasteiger partial charge is 0.180 e. The molecule has 0 bridgehead atoms. The van der Waals surface area contributed by atoms with Crippen LogP contribution in [0.3, 0.4) is 0 Å². The van der Waals surface area contributed by atoms with Gasteiger partial charge in [-0.15, -0.1) is 0 Å². The van der Waals surface area contributed by atoms with E-state index in [9.17, 15) is 10.5 Å². The predicted molar refractivity (Wildman–Crippen MR) is 122 cm³/mol. The summed E-state index contributed by atoms with van der Waals surface area (Å²) < 4.78 is 3.72. The number of imidazole rings is 1. The molecule has 3 aromatic heterocycles. The summed E-state index contributed by atoms with van der Waals surface area (Å²) in [6, 6.07) is 19.0. The van der Waals surface area contributed by atoms with Crippen molar-refractivity contribution in [3.8, 4) is 23.5 Å². The van der Waals surface area contributed by atoms with Gasteiger partial charge in [-0.05, 0) is 37.3 Å². The van der Waals surface area contributed by atoms with Crippen molar-refractivity contribution < 1.29 is 0 Å². The summed E-state index contributed by atoms with van der Waals surface area (Å²) in [4.78, 5) is 13.8. The molecule has 0 amide bonds. The lowest BCUT2D eigenvalue weighted by molar-refractivity contribution is 0.924. The van der Waals surface area contributed by atoms with E-state index in [-0.39, 0.29) is 11.4 Å². The molecule has 2 aromatic carbocycles. The molecule has 0 atom stereocenters. The van der Waals surface area contributed by atoms with Crippen LogP contribution in [0.15, 0.2) is 48.5 Å². The number of rotatable bonds is 3. The molecule has 0 aliphatic rings. The molecule has 5 aromatic rings. The molecule has 0 spiro atoms. The van der Waals surface area contributed by atoms with Crippen LogP contribution in [0, 0.1) is 29.6 Å². The van der Waals surface area contributed by atoms with Crippen LogP contribution in [0.2, 0.25) is 5.02 Å². The highest BCUT2D eigenvalue weighted by molar-refractivity contribution is 6.30. The van der Waals surface area contributed by atoms with Crippen LogP contribution in [-0.4, -0.2) is 24.2 Å². The van der Waals surface area contributed by atoms with Crippen LogP contribution < -0.4 is 5.43 Å². The largest absolute Gasteiger partial charge is 0.327 e. The molecule has 0 aliphatic heterocycles. The van der Waals surface area contributed by atoms with E-state index in [1.807, 2.05) is 67.1 Å². The highest BCUT2D eigenvalue weighted by Gasteiger charge is 2.24. The average molecular weight is 439 g/mol. The van der Waals surface area contributed by atoms with Crippen LogP contribution >= 0.6 is 11.6 Å². The summed E-state index contributed by atoms with van der Waals surface area (Å²) >= 11 is 6.15. The molecule has 0 saturated carbocycles. The molecule has 0 fully saturated rings. The third kappa shape index (κ3) is 2.94. The molecule has 5 rings (SSSR count). The molecule has 1 N–H and O–H groups in total. The van der Waals surface area contributed by atoms with Crippen LogP contribution in [-0.2, 0) is 7.05 Å². The van der Waals surface area contributed by atoms with E-state index >= 15 is 0 Å². The monoisotopic (exact) mass is 438 g/mol. The standard InChI is InChI=1S/C23H15ClN8/c1-13-20(22-28-16-8-3-4-9-19(16)31(22)2)21-23(29-18(12-26)17(11-25)27-21)32(13)30-15-7-5-6-14(24)10-15/h3-10,30H,1-2H3. The minimum atomic E-state index is -0.0387. The van der Waals surface area contributed by atoms with Crippen LogP contribution in [0.4, 0.5) is 5.69 Å². The van der Waals surface area contributed by atoms with E-state index in [0.29, 0.717) is 22.0 Å². The fourth-order valence-corrected chi connectivity index (χ4v) is 4.00. The SMILES string of the molecule is Cc1c(-c2nc3ccccc3n2C)c2nc(C#N)c(C#N)nc2n1Nc1cccc(Cl)c1. The first-order valence-corrected chi connectivity index (χ1v) is 10.1. The molecule has 3 heterocycles. The zero-order valence-electron chi connectivity index (χ0n) is 17.1. The van der Waals surface area contributed by atoms with Crippen molar-refractivity contribution in [1.29, 1.82) is 10.5 Å². The normalized spacial score (nSPS) is 10.9. The average Bonchev–Trinajstić information content (AvgIpc) is 3.26. The molecule has 32 heavy (non-hydrogen) atoms. The van der Waals surface area contributed by atoms with E-state index in [4.69, 9.17) is 16.6 Å². The Labute approximate surface area is 187 Å². The Balaban J connectivity index is 1.84. The van der Waals surface area contributed by atoms with Gasteiger partial charge in [0.2, 0.25) is 0 Å². The quantitative estimate of drug-likeness (QED) is 0.442. The number of hydrogen-bond donors (Lipinski definition) is 1. The van der Waals surface area contributed by atoms with Crippen molar-refractivity contribution in [3.05, 3.63) is 70.6 Å². The van der Waals surface area contributed by atoms with Crippen molar-refractivity contribution in [2.75, 3.05) is 5.43 Å². The highest BCUT2D eigenvalue weighted by atomic mass is 35.5. The van der Waals surface area contributed by atoms with Crippen molar-refractivity contribution in [2.24, 2.45) is 7.05 Å². The maximum atomic E-state index is 9.52. The van der Waals surface area contributed by atoms with Gasteiger partial charge in [-0.1, -0.05) is 29.8 Å². The maximum Gasteiger partial charge on any atom is 0.180 e. The number of benzene rings is 2. The molecular weight excluding hydrogens is 424 g/mol.